The summed E-state index contributed by atoms with van der Waals surface area (Å²) < 4.78 is 6.46. The molecule has 68 heavy (non-hydrogen) atoms. The van der Waals surface area contributed by atoms with Crippen LogP contribution < -0.4 is 0 Å². The Morgan fingerprint density at radius 2 is 0.721 bits per heavy atom. The lowest BCUT2D eigenvalue weighted by molar-refractivity contribution is 0.669. The minimum absolute atomic E-state index is 0.571. The molecule has 12 aromatic rings. The third kappa shape index (κ3) is 5.79. The Labute approximate surface area is 394 Å². The number of nitrogens with zero attached hydrogens (tertiary/aromatic N) is 2. The van der Waals surface area contributed by atoms with E-state index in [2.05, 4.69) is 231 Å². The molecule has 10 aromatic carbocycles. The maximum atomic E-state index is 6.46. The number of fused-ring (bicyclic) bond motifs is 15. The van der Waals surface area contributed by atoms with Gasteiger partial charge in [-0.1, -0.05) is 194 Å². The van der Waals surface area contributed by atoms with Gasteiger partial charge in [-0.25, -0.2) is 9.97 Å². The van der Waals surface area contributed by atoms with E-state index in [1.807, 2.05) is 12.1 Å². The van der Waals surface area contributed by atoms with E-state index in [0.29, 0.717) is 5.82 Å². The molecule has 0 N–H and O–H groups in total. The third-order valence-electron chi connectivity index (χ3n) is 14.3. The van der Waals surface area contributed by atoms with Crippen molar-refractivity contribution in [2.75, 3.05) is 0 Å². The Bertz CT molecular complexity index is 3870. The van der Waals surface area contributed by atoms with Crippen molar-refractivity contribution in [2.24, 2.45) is 0 Å². The van der Waals surface area contributed by atoms with Crippen LogP contribution in [0.25, 0.3) is 111 Å². The summed E-state index contributed by atoms with van der Waals surface area (Å²) in [4.78, 5) is 11.1. The van der Waals surface area contributed by atoms with Gasteiger partial charge in [0.2, 0.25) is 0 Å². The van der Waals surface area contributed by atoms with Gasteiger partial charge in [-0.3, -0.25) is 0 Å². The van der Waals surface area contributed by atoms with Gasteiger partial charge in [-0.2, -0.15) is 0 Å². The monoisotopic (exact) mass is 864 g/mol. The van der Waals surface area contributed by atoms with Gasteiger partial charge in [0.1, 0.15) is 11.2 Å². The van der Waals surface area contributed by atoms with Crippen LogP contribution in [0.1, 0.15) is 22.3 Å². The first kappa shape index (κ1) is 38.4. The van der Waals surface area contributed by atoms with E-state index in [0.717, 1.165) is 77.8 Å². The van der Waals surface area contributed by atoms with Gasteiger partial charge in [0.15, 0.2) is 5.82 Å². The van der Waals surface area contributed by atoms with Gasteiger partial charge in [0.25, 0.3) is 0 Å². The summed E-state index contributed by atoms with van der Waals surface area (Å²) in [5.74, 6) is 0.650. The van der Waals surface area contributed by atoms with Crippen LogP contribution >= 0.6 is 0 Å². The molecule has 0 aliphatic heterocycles. The Balaban J connectivity index is 1.04. The zero-order valence-corrected chi connectivity index (χ0v) is 36.9. The average molecular weight is 865 g/mol. The van der Waals surface area contributed by atoms with Crippen molar-refractivity contribution in [2.45, 2.75) is 5.41 Å². The maximum Gasteiger partial charge on any atom is 0.160 e. The first-order valence-corrected chi connectivity index (χ1v) is 23.3. The lowest BCUT2D eigenvalue weighted by Gasteiger charge is -2.35. The van der Waals surface area contributed by atoms with E-state index in [-0.39, 0.29) is 0 Å². The highest BCUT2D eigenvalue weighted by atomic mass is 16.3. The fourth-order valence-electron chi connectivity index (χ4n) is 11.3. The number of para-hydroxylation sites is 1. The summed E-state index contributed by atoms with van der Waals surface area (Å²) in [5, 5.41) is 2.18. The molecule has 0 atom stereocenters. The number of benzene rings is 10. The van der Waals surface area contributed by atoms with E-state index in [4.69, 9.17) is 14.4 Å². The average Bonchev–Trinajstić information content (AvgIpc) is 3.91. The van der Waals surface area contributed by atoms with Crippen LogP contribution in [0.5, 0.6) is 0 Å². The molecular weight excluding hydrogens is 825 g/mol. The summed E-state index contributed by atoms with van der Waals surface area (Å²) in [7, 11) is 0. The summed E-state index contributed by atoms with van der Waals surface area (Å²) in [5.41, 5.74) is 22.7. The fraction of sp³-hybridized carbons (Fsp3) is 0.0154. The second-order valence-electron chi connectivity index (χ2n) is 18.0. The number of furan rings is 1. The lowest BCUT2D eigenvalue weighted by Crippen LogP contribution is -2.29. The van der Waals surface area contributed by atoms with Crippen molar-refractivity contribution < 1.29 is 4.42 Å². The molecule has 0 radical (unpaired) electrons. The van der Waals surface area contributed by atoms with Gasteiger partial charge in [-0.15, -0.1) is 0 Å². The van der Waals surface area contributed by atoms with Crippen molar-refractivity contribution in [1.29, 1.82) is 0 Å². The van der Waals surface area contributed by atoms with E-state index >= 15 is 0 Å². The Morgan fingerprint density at radius 1 is 0.265 bits per heavy atom. The highest BCUT2D eigenvalue weighted by Crippen LogP contribution is 2.61. The van der Waals surface area contributed by atoms with E-state index in [1.165, 1.54) is 50.1 Å². The zero-order valence-electron chi connectivity index (χ0n) is 36.9. The van der Waals surface area contributed by atoms with Crippen molar-refractivity contribution >= 4 is 21.9 Å². The van der Waals surface area contributed by atoms with Crippen molar-refractivity contribution in [3.8, 4) is 89.5 Å². The molecule has 2 aliphatic rings. The molecular formula is C65H40N2O. The Hall–Kier alpha value is -8.92. The predicted octanol–water partition coefficient (Wildman–Crippen LogP) is 16.7. The molecule has 316 valence electrons. The van der Waals surface area contributed by atoms with Crippen molar-refractivity contribution in [3.05, 3.63) is 265 Å². The summed E-state index contributed by atoms with van der Waals surface area (Å²) in [6.07, 6.45) is 0. The molecule has 14 rings (SSSR count). The van der Waals surface area contributed by atoms with Gasteiger partial charge < -0.3 is 4.42 Å². The first-order valence-electron chi connectivity index (χ1n) is 23.3. The van der Waals surface area contributed by atoms with Crippen molar-refractivity contribution in [3.63, 3.8) is 0 Å². The normalized spacial score (nSPS) is 12.8. The quantitative estimate of drug-likeness (QED) is 0.173. The van der Waals surface area contributed by atoms with Crippen molar-refractivity contribution in [1.82, 2.24) is 9.97 Å². The van der Waals surface area contributed by atoms with Crippen LogP contribution in [0.15, 0.2) is 247 Å². The van der Waals surface area contributed by atoms with Crippen LogP contribution in [0, 0.1) is 0 Å². The molecule has 1 spiro atoms. The number of hydrogen-bond acceptors (Lipinski definition) is 3. The molecule has 2 aromatic heterocycles. The highest BCUT2D eigenvalue weighted by Gasteiger charge is 2.49. The zero-order chi connectivity index (χ0) is 44.8. The minimum Gasteiger partial charge on any atom is -0.456 e. The van der Waals surface area contributed by atoms with E-state index < -0.39 is 5.41 Å². The largest absolute Gasteiger partial charge is 0.456 e. The maximum absolute atomic E-state index is 6.46. The first-order chi connectivity index (χ1) is 33.7. The summed E-state index contributed by atoms with van der Waals surface area (Å²) >= 11 is 0. The molecule has 2 aliphatic carbocycles. The second kappa shape index (κ2) is 15.1. The summed E-state index contributed by atoms with van der Waals surface area (Å²) in [6.45, 7) is 0. The summed E-state index contributed by atoms with van der Waals surface area (Å²) in [6, 6.07) is 87.7. The van der Waals surface area contributed by atoms with E-state index in [1.54, 1.807) is 0 Å². The van der Waals surface area contributed by atoms with Crippen LogP contribution in [-0.4, -0.2) is 9.97 Å². The second-order valence-corrected chi connectivity index (χ2v) is 18.0. The highest BCUT2D eigenvalue weighted by molar-refractivity contribution is 6.06. The van der Waals surface area contributed by atoms with Crippen LogP contribution in [0.2, 0.25) is 0 Å². The Morgan fingerprint density at radius 3 is 1.35 bits per heavy atom. The van der Waals surface area contributed by atoms with Gasteiger partial charge in [-0.05, 0) is 126 Å². The molecule has 0 bridgehead atoms. The molecule has 0 saturated carbocycles. The smallest absolute Gasteiger partial charge is 0.160 e. The number of rotatable bonds is 5. The fourth-order valence-corrected chi connectivity index (χ4v) is 11.3. The molecule has 0 unspecified atom stereocenters. The standard InChI is InChI=1S/C65H40N2O/c1-3-17-41(18-4-1)45-35-46(42-19-5-2-6-20-42)37-47(36-45)61-40-60(43-31-33-54-53-26-12-16-30-62(53)68-63(54)39-43)66-64(67-61)44-32-34-59-55(38-44)49-22-8-7-21-48(49)50-23-9-13-27-56(50)65(59)57-28-14-10-24-51(57)52-25-11-15-29-58(52)65/h1-40H. The SMILES string of the molecule is c1ccc(-c2cc(-c3ccccc3)cc(-c3cc(-c4ccc5c(c4)oc4ccccc45)nc(-c4ccc5c(c4)-c4ccccc4-c4ccccc4C54c5ccccc5-c5ccccc54)n3)c2)cc1. The number of aromatic nitrogens is 2. The lowest BCUT2D eigenvalue weighted by atomic mass is 9.66. The number of hydrogen-bond donors (Lipinski definition) is 0. The molecule has 3 heteroatoms. The Kier molecular flexibility index (Phi) is 8.50. The van der Waals surface area contributed by atoms with Gasteiger partial charge >= 0.3 is 0 Å². The topological polar surface area (TPSA) is 38.9 Å². The van der Waals surface area contributed by atoms with Crippen LogP contribution in [-0.2, 0) is 5.41 Å². The molecule has 0 saturated heterocycles. The van der Waals surface area contributed by atoms with Gasteiger partial charge in [0, 0.05) is 27.5 Å². The molecule has 3 nitrogen and oxygen atoms in total. The van der Waals surface area contributed by atoms with E-state index in [9.17, 15) is 0 Å². The van der Waals surface area contributed by atoms with Gasteiger partial charge in [0.05, 0.1) is 16.8 Å². The molecule has 2 heterocycles. The predicted molar refractivity (Wildman–Crippen MR) is 278 cm³/mol. The third-order valence-corrected chi connectivity index (χ3v) is 14.3. The minimum atomic E-state index is -0.571. The molecule has 0 amide bonds. The van der Waals surface area contributed by atoms with Crippen LogP contribution in [0.3, 0.4) is 0 Å². The van der Waals surface area contributed by atoms with Crippen LogP contribution in [0.4, 0.5) is 0 Å². The molecule has 0 fully saturated rings.